The van der Waals surface area contributed by atoms with Crippen LogP contribution in [0.3, 0.4) is 0 Å². The van der Waals surface area contributed by atoms with Crippen LogP contribution in [0, 0.1) is 5.13 Å². The Kier molecular flexibility index (Phi) is 9.08. The summed E-state index contributed by atoms with van der Waals surface area (Å²) in [7, 11) is -2.20. The summed E-state index contributed by atoms with van der Waals surface area (Å²) in [6.07, 6.45) is 2.96. The molecule has 0 saturated heterocycles. The smallest absolute Gasteiger partial charge is 0.280 e. The van der Waals surface area contributed by atoms with E-state index in [0.29, 0.717) is 29.7 Å². The molecule has 34 heavy (non-hydrogen) atoms. The van der Waals surface area contributed by atoms with Crippen LogP contribution in [0.4, 0.5) is 9.52 Å². The topological polar surface area (TPSA) is 130 Å². The molecular weight excluding hydrogens is 487 g/mol. The van der Waals surface area contributed by atoms with Gasteiger partial charge in [0, 0.05) is 32.2 Å². The number of hydrogen-bond donors (Lipinski definition) is 2. The highest BCUT2D eigenvalue weighted by molar-refractivity contribution is 7.89. The molecule has 2 atom stereocenters. The van der Waals surface area contributed by atoms with E-state index in [1.165, 1.54) is 24.3 Å². The molecule has 186 valence electrons. The number of halogens is 1. The number of amides is 1. The number of carbonyl (C=O) groups excluding carboxylic acids is 1. The Hall–Kier alpha value is -2.45. The Balaban J connectivity index is 1.86. The van der Waals surface area contributed by atoms with Crippen molar-refractivity contribution in [1.82, 2.24) is 9.29 Å². The predicted molar refractivity (Wildman–Crippen MR) is 125 cm³/mol. The van der Waals surface area contributed by atoms with Crippen molar-refractivity contribution >= 4 is 38.1 Å². The maximum absolute atomic E-state index is 13.3. The molecule has 0 spiro atoms. The molecular formula is C21H27FN4O6S2. The lowest BCUT2D eigenvalue weighted by Crippen LogP contribution is -2.33. The van der Waals surface area contributed by atoms with Gasteiger partial charge in [-0.3, -0.25) is 10.1 Å². The summed E-state index contributed by atoms with van der Waals surface area (Å²) in [5.41, 5.74) is 0.197. The van der Waals surface area contributed by atoms with Gasteiger partial charge in [0.25, 0.3) is 5.91 Å². The summed E-state index contributed by atoms with van der Waals surface area (Å²) in [4.78, 5) is 22.3. The number of nitrogens with one attached hydrogen (secondary N) is 1. The first-order chi connectivity index (χ1) is 16.3. The minimum Gasteiger partial charge on any atom is -0.395 e. The third-order valence-electron chi connectivity index (χ3n) is 5.34. The average molecular weight is 515 g/mol. The first-order valence-corrected chi connectivity index (χ1v) is 12.9. The first-order valence-electron chi connectivity index (χ1n) is 10.7. The van der Waals surface area contributed by atoms with Crippen molar-refractivity contribution in [2.75, 3.05) is 32.1 Å². The minimum absolute atomic E-state index is 0.00736. The Labute approximate surface area is 201 Å². The van der Waals surface area contributed by atoms with Crippen molar-refractivity contribution in [3.05, 3.63) is 41.2 Å². The van der Waals surface area contributed by atoms with E-state index in [0.717, 1.165) is 16.9 Å². The van der Waals surface area contributed by atoms with Gasteiger partial charge in [0.1, 0.15) is 6.10 Å². The Bertz CT molecular complexity index is 1110. The van der Waals surface area contributed by atoms with Crippen molar-refractivity contribution in [2.45, 2.75) is 43.3 Å². The Morgan fingerprint density at radius 1 is 1.32 bits per heavy atom. The molecule has 1 amide bonds. The quantitative estimate of drug-likeness (QED) is 0.347. The highest BCUT2D eigenvalue weighted by Crippen LogP contribution is 2.25. The minimum atomic E-state index is -3.82. The van der Waals surface area contributed by atoms with Gasteiger partial charge in [-0.05, 0) is 25.0 Å². The van der Waals surface area contributed by atoms with Gasteiger partial charge in [-0.15, -0.1) is 0 Å². The molecule has 10 nitrogen and oxygen atoms in total. The number of carbonyl (C=O) groups is 1. The number of rotatable bonds is 11. The van der Waals surface area contributed by atoms with E-state index in [-0.39, 0.29) is 47.6 Å². The highest BCUT2D eigenvalue weighted by atomic mass is 32.2. The molecule has 1 heterocycles. The van der Waals surface area contributed by atoms with Crippen LogP contribution in [0.15, 0.2) is 40.5 Å². The third-order valence-corrected chi connectivity index (χ3v) is 8.03. The van der Waals surface area contributed by atoms with E-state index >= 15 is 0 Å². The van der Waals surface area contributed by atoms with Crippen molar-refractivity contribution in [1.29, 1.82) is 0 Å². The van der Waals surface area contributed by atoms with Crippen LogP contribution in [0.5, 0.6) is 0 Å². The first kappa shape index (κ1) is 26.2. The summed E-state index contributed by atoms with van der Waals surface area (Å²) in [6.45, 7) is 1.54. The molecule has 13 heteroatoms. The molecule has 2 aromatic rings. The van der Waals surface area contributed by atoms with Gasteiger partial charge < -0.3 is 14.7 Å². The molecule has 2 N–H and O–H groups in total. The predicted octanol–water partition coefficient (Wildman–Crippen LogP) is 2.21. The number of anilines is 1. The van der Waals surface area contributed by atoms with E-state index in [2.05, 4.69) is 15.5 Å². The van der Waals surface area contributed by atoms with Gasteiger partial charge in [0.15, 0.2) is 16.0 Å². The lowest BCUT2D eigenvalue weighted by Gasteiger charge is -2.19. The van der Waals surface area contributed by atoms with E-state index in [9.17, 15) is 17.6 Å². The highest BCUT2D eigenvalue weighted by Gasteiger charge is 2.27. The molecule has 0 aliphatic heterocycles. The maximum atomic E-state index is 13.3. The molecule has 0 radical (unpaired) electrons. The fraction of sp³-hybridized carbons (Fsp3) is 0.476. The number of aliphatic hydroxyl groups is 1. The van der Waals surface area contributed by atoms with Crippen LogP contribution < -0.4 is 5.32 Å². The molecule has 1 aliphatic rings. The van der Waals surface area contributed by atoms with Gasteiger partial charge in [0.2, 0.25) is 10.0 Å². The van der Waals surface area contributed by atoms with Crippen molar-refractivity contribution in [3.63, 3.8) is 0 Å². The SMILES string of the molecule is CCN(CCO)S(=O)(=O)c1ccc(C(=NO[C@@H]2CC[C@@H](OC)C2)C(=O)Nc2ncc(F)s2)cc1. The summed E-state index contributed by atoms with van der Waals surface area (Å²) in [5, 5.41) is 15.2. The molecule has 1 aliphatic carbocycles. The second kappa shape index (κ2) is 11.8. The molecule has 0 unspecified atom stereocenters. The number of oxime groups is 1. The number of aliphatic hydroxyl groups excluding tert-OH is 1. The van der Waals surface area contributed by atoms with Crippen LogP contribution >= 0.6 is 11.3 Å². The summed E-state index contributed by atoms with van der Waals surface area (Å²) in [6, 6.07) is 5.59. The van der Waals surface area contributed by atoms with Gasteiger partial charge in [-0.25, -0.2) is 13.4 Å². The van der Waals surface area contributed by atoms with Crippen molar-refractivity contribution in [2.24, 2.45) is 5.16 Å². The van der Waals surface area contributed by atoms with E-state index < -0.39 is 21.1 Å². The van der Waals surface area contributed by atoms with E-state index in [4.69, 9.17) is 14.7 Å². The number of hydrogen-bond acceptors (Lipinski definition) is 9. The van der Waals surface area contributed by atoms with E-state index in [1.54, 1.807) is 14.0 Å². The standard InChI is InChI=1S/C21H27FN4O6S2/c1-3-26(10-11-27)34(29,30)17-8-4-14(5-9-17)19(20(28)24-21-23-13-18(22)33-21)25-32-16-7-6-15(12-16)31-2/h4-5,8-9,13,15-16,27H,3,6-7,10-12H2,1-2H3,(H,23,24,28)/t15-,16-/m1/s1. The number of methoxy groups -OCH3 is 1. The summed E-state index contributed by atoms with van der Waals surface area (Å²) < 4.78 is 45.4. The van der Waals surface area contributed by atoms with E-state index in [1.807, 2.05) is 0 Å². The lowest BCUT2D eigenvalue weighted by atomic mass is 10.1. The second-order valence-electron chi connectivity index (χ2n) is 7.51. The number of ether oxygens (including phenoxy) is 1. The van der Waals surface area contributed by atoms with Gasteiger partial charge in [-0.1, -0.05) is 35.5 Å². The van der Waals surface area contributed by atoms with Crippen molar-refractivity contribution < 1.29 is 32.3 Å². The zero-order chi connectivity index (χ0) is 24.7. The fourth-order valence-electron chi connectivity index (χ4n) is 3.53. The number of thiazole rings is 1. The second-order valence-corrected chi connectivity index (χ2v) is 10.4. The average Bonchev–Trinajstić information content (AvgIpc) is 3.46. The zero-order valence-electron chi connectivity index (χ0n) is 18.8. The van der Waals surface area contributed by atoms with Crippen molar-refractivity contribution in [3.8, 4) is 0 Å². The largest absolute Gasteiger partial charge is 0.395 e. The number of benzene rings is 1. The van der Waals surface area contributed by atoms with Crippen LogP contribution in [0.2, 0.25) is 0 Å². The third kappa shape index (κ3) is 6.36. The number of likely N-dealkylation sites (N-methyl/N-ethyl adjacent to an activating group) is 1. The van der Waals surface area contributed by atoms with Crippen LogP contribution in [-0.2, 0) is 24.4 Å². The Morgan fingerprint density at radius 3 is 2.59 bits per heavy atom. The molecule has 1 saturated carbocycles. The lowest BCUT2D eigenvalue weighted by molar-refractivity contribution is -0.110. The van der Waals surface area contributed by atoms with Crippen LogP contribution in [0.1, 0.15) is 31.7 Å². The van der Waals surface area contributed by atoms with Gasteiger partial charge >= 0.3 is 0 Å². The molecule has 3 rings (SSSR count). The number of sulfonamides is 1. The molecule has 1 aromatic heterocycles. The molecule has 1 fully saturated rings. The van der Waals surface area contributed by atoms with Crippen LogP contribution in [0.25, 0.3) is 0 Å². The molecule has 0 bridgehead atoms. The normalized spacial score (nSPS) is 18.9. The fourth-order valence-corrected chi connectivity index (χ4v) is 5.50. The maximum Gasteiger partial charge on any atom is 0.280 e. The van der Waals surface area contributed by atoms with Gasteiger partial charge in [0.05, 0.1) is 23.8 Å². The number of nitrogens with zero attached hydrogens (tertiary/aromatic N) is 3. The van der Waals surface area contributed by atoms with Gasteiger partial charge in [-0.2, -0.15) is 8.70 Å². The van der Waals surface area contributed by atoms with Crippen LogP contribution in [-0.4, -0.2) is 73.4 Å². The summed E-state index contributed by atoms with van der Waals surface area (Å²) >= 11 is 0.664. The summed E-state index contributed by atoms with van der Waals surface area (Å²) in [5.74, 6) is -0.679. The zero-order valence-corrected chi connectivity index (χ0v) is 20.4. The Morgan fingerprint density at radius 2 is 2.03 bits per heavy atom. The molecule has 1 aromatic carbocycles. The number of aromatic nitrogens is 1. The monoisotopic (exact) mass is 514 g/mol.